The molecule has 144 valence electrons. The van der Waals surface area contributed by atoms with Crippen molar-refractivity contribution in [3.8, 4) is 5.75 Å². The highest BCUT2D eigenvalue weighted by Gasteiger charge is 2.31. The van der Waals surface area contributed by atoms with Crippen LogP contribution in [0.5, 0.6) is 5.75 Å². The van der Waals surface area contributed by atoms with Crippen molar-refractivity contribution in [2.75, 3.05) is 6.61 Å². The number of ether oxygens (including phenoxy) is 2. The Bertz CT molecular complexity index is 623. The number of aliphatic hydroxyl groups excluding tert-OH is 1. The molecule has 2 aliphatic rings. The molecule has 0 spiro atoms. The van der Waals surface area contributed by atoms with Crippen LogP contribution in [-0.4, -0.2) is 23.8 Å². The van der Waals surface area contributed by atoms with Gasteiger partial charge in [0.1, 0.15) is 0 Å². The molecule has 1 aromatic rings. The summed E-state index contributed by atoms with van der Waals surface area (Å²) in [5.74, 6) is -0.403. The average molecular weight is 364 g/mol. The third-order valence-electron chi connectivity index (χ3n) is 5.85. The Hall–Kier alpha value is -1.46. The molecule has 0 amide bonds. The van der Waals surface area contributed by atoms with E-state index in [0.29, 0.717) is 31.1 Å². The van der Waals surface area contributed by atoms with Gasteiger partial charge in [-0.2, -0.15) is 0 Å². The molecule has 1 N–H and O–H groups in total. The van der Waals surface area contributed by atoms with E-state index in [1.807, 2.05) is 0 Å². The Labute approximate surface area is 154 Å². The van der Waals surface area contributed by atoms with E-state index in [9.17, 15) is 9.18 Å². The highest BCUT2D eigenvalue weighted by molar-refractivity contribution is 5.78. The molecule has 1 unspecified atom stereocenters. The quantitative estimate of drug-likeness (QED) is 0.448. The topological polar surface area (TPSA) is 55.8 Å². The average Bonchev–Trinajstić information content (AvgIpc) is 2.67. The van der Waals surface area contributed by atoms with Crippen molar-refractivity contribution in [2.45, 2.75) is 71.0 Å². The number of benzene rings is 1. The van der Waals surface area contributed by atoms with Crippen molar-refractivity contribution < 1.29 is 23.8 Å². The summed E-state index contributed by atoms with van der Waals surface area (Å²) in [5.41, 5.74) is 0.851. The fourth-order valence-corrected chi connectivity index (χ4v) is 4.07. The van der Waals surface area contributed by atoms with Gasteiger partial charge < -0.3 is 14.6 Å². The number of carbonyl (C=O) groups excluding carboxylic acids is 1. The largest absolute Gasteiger partial charge is 0.423 e. The number of rotatable bonds is 7. The molecule has 5 heteroatoms. The molecule has 0 radical (unpaired) electrons. The van der Waals surface area contributed by atoms with Gasteiger partial charge in [0.25, 0.3) is 0 Å². The summed E-state index contributed by atoms with van der Waals surface area (Å²) in [5, 5.41) is 9.12. The third kappa shape index (κ3) is 4.44. The smallest absolute Gasteiger partial charge is 0.314 e. The van der Waals surface area contributed by atoms with Crippen LogP contribution in [0.4, 0.5) is 4.39 Å². The van der Waals surface area contributed by atoms with Crippen LogP contribution < -0.4 is 4.74 Å². The number of carbonyl (C=O) groups is 1. The monoisotopic (exact) mass is 364 g/mol. The van der Waals surface area contributed by atoms with Crippen molar-refractivity contribution in [2.24, 2.45) is 11.8 Å². The molecule has 0 aromatic heterocycles. The molecular formula is C21H29FO4. The first-order valence-corrected chi connectivity index (χ1v) is 9.86. The second-order valence-corrected chi connectivity index (χ2v) is 7.57. The maximum absolute atomic E-state index is 14.2. The Balaban J connectivity index is 1.45. The molecule has 4 nitrogen and oxygen atoms in total. The van der Waals surface area contributed by atoms with Crippen LogP contribution in [0.1, 0.15) is 63.0 Å². The SMILES string of the molecule is CCC1CCC(OCCCC2Cc3ccc(CO)c(F)c3OC2=O)CC1. The standard InChI is InChI=1S/C21H29FO4/c1-2-14-5-9-18(10-6-14)25-11-3-4-16-12-15-7-8-17(13-23)19(22)20(15)26-21(16)24/h7-8,14,16,18,23H,2-6,9-13H2,1H3. The van der Waals surface area contributed by atoms with Crippen molar-refractivity contribution in [3.63, 3.8) is 0 Å². The van der Waals surface area contributed by atoms with Crippen molar-refractivity contribution in [1.29, 1.82) is 0 Å². The van der Waals surface area contributed by atoms with Crippen LogP contribution in [0.25, 0.3) is 0 Å². The number of fused-ring (bicyclic) bond motifs is 1. The minimum absolute atomic E-state index is 0.0123. The first-order chi connectivity index (χ1) is 12.6. The van der Waals surface area contributed by atoms with Crippen LogP contribution in [0.15, 0.2) is 12.1 Å². The summed E-state index contributed by atoms with van der Waals surface area (Å²) in [6, 6.07) is 3.30. The molecule has 1 atom stereocenters. The van der Waals surface area contributed by atoms with Crippen LogP contribution in [0.2, 0.25) is 0 Å². The third-order valence-corrected chi connectivity index (χ3v) is 5.85. The van der Waals surface area contributed by atoms with Gasteiger partial charge in [0.2, 0.25) is 0 Å². The van der Waals surface area contributed by atoms with E-state index in [2.05, 4.69) is 6.92 Å². The Morgan fingerprint density at radius 3 is 2.73 bits per heavy atom. The number of hydrogen-bond donors (Lipinski definition) is 1. The van der Waals surface area contributed by atoms with E-state index in [4.69, 9.17) is 14.6 Å². The summed E-state index contributed by atoms with van der Waals surface area (Å²) in [4.78, 5) is 12.2. The number of aliphatic hydroxyl groups is 1. The number of hydrogen-bond acceptors (Lipinski definition) is 4. The van der Waals surface area contributed by atoms with Crippen molar-refractivity contribution >= 4 is 5.97 Å². The molecule has 0 bridgehead atoms. The minimum atomic E-state index is -0.622. The van der Waals surface area contributed by atoms with Crippen LogP contribution >= 0.6 is 0 Å². The molecule has 1 fully saturated rings. The summed E-state index contributed by atoms with van der Waals surface area (Å²) < 4.78 is 25.4. The molecule has 26 heavy (non-hydrogen) atoms. The first-order valence-electron chi connectivity index (χ1n) is 9.86. The van der Waals surface area contributed by atoms with Gasteiger partial charge in [-0.25, -0.2) is 4.39 Å². The van der Waals surface area contributed by atoms with Gasteiger partial charge in [0.15, 0.2) is 11.6 Å². The molecule has 1 heterocycles. The second-order valence-electron chi connectivity index (χ2n) is 7.57. The zero-order valence-electron chi connectivity index (χ0n) is 15.5. The molecule has 1 aliphatic heterocycles. The summed E-state index contributed by atoms with van der Waals surface area (Å²) in [6.45, 7) is 2.51. The van der Waals surface area contributed by atoms with E-state index in [-0.39, 0.29) is 23.2 Å². The number of halogens is 1. The van der Waals surface area contributed by atoms with Crippen molar-refractivity contribution in [3.05, 3.63) is 29.1 Å². The molecular weight excluding hydrogens is 335 g/mol. The Morgan fingerprint density at radius 1 is 1.27 bits per heavy atom. The Kier molecular flexibility index (Phi) is 6.65. The molecule has 1 aliphatic carbocycles. The van der Waals surface area contributed by atoms with Gasteiger partial charge >= 0.3 is 5.97 Å². The van der Waals surface area contributed by atoms with E-state index in [0.717, 1.165) is 25.2 Å². The van der Waals surface area contributed by atoms with E-state index >= 15 is 0 Å². The van der Waals surface area contributed by atoms with Crippen LogP contribution in [0, 0.1) is 17.7 Å². The molecule has 0 saturated heterocycles. The fourth-order valence-electron chi connectivity index (χ4n) is 4.07. The zero-order valence-corrected chi connectivity index (χ0v) is 15.5. The van der Waals surface area contributed by atoms with Crippen molar-refractivity contribution in [1.82, 2.24) is 0 Å². The lowest BCUT2D eigenvalue weighted by Gasteiger charge is -2.28. The van der Waals surface area contributed by atoms with Gasteiger partial charge in [-0.3, -0.25) is 4.79 Å². The summed E-state index contributed by atoms with van der Waals surface area (Å²) in [7, 11) is 0. The lowest BCUT2D eigenvalue weighted by Crippen LogP contribution is -2.29. The van der Waals surface area contributed by atoms with Crippen LogP contribution in [-0.2, 0) is 22.6 Å². The number of esters is 1. The predicted molar refractivity (Wildman–Crippen MR) is 96.4 cm³/mol. The lowest BCUT2D eigenvalue weighted by atomic mass is 9.86. The maximum Gasteiger partial charge on any atom is 0.314 e. The Morgan fingerprint density at radius 2 is 2.04 bits per heavy atom. The van der Waals surface area contributed by atoms with Crippen LogP contribution in [0.3, 0.4) is 0 Å². The highest BCUT2D eigenvalue weighted by atomic mass is 19.1. The van der Waals surface area contributed by atoms with Gasteiger partial charge in [0, 0.05) is 12.2 Å². The predicted octanol–water partition coefficient (Wildman–Crippen LogP) is 4.16. The molecule has 1 saturated carbocycles. The molecule has 3 rings (SSSR count). The normalized spacial score (nSPS) is 25.7. The molecule has 1 aromatic carbocycles. The summed E-state index contributed by atoms with van der Waals surface area (Å²) in [6.07, 6.45) is 8.40. The zero-order chi connectivity index (χ0) is 18.5. The minimum Gasteiger partial charge on any atom is -0.423 e. The summed E-state index contributed by atoms with van der Waals surface area (Å²) >= 11 is 0. The second kappa shape index (κ2) is 8.96. The van der Waals surface area contributed by atoms with Gasteiger partial charge in [0.05, 0.1) is 18.6 Å². The van der Waals surface area contributed by atoms with E-state index in [1.165, 1.54) is 19.3 Å². The van der Waals surface area contributed by atoms with E-state index in [1.54, 1.807) is 12.1 Å². The van der Waals surface area contributed by atoms with Gasteiger partial charge in [-0.15, -0.1) is 0 Å². The first kappa shape index (κ1) is 19.3. The fraction of sp³-hybridized carbons (Fsp3) is 0.667. The lowest BCUT2D eigenvalue weighted by molar-refractivity contribution is -0.140. The van der Waals surface area contributed by atoms with Gasteiger partial charge in [-0.1, -0.05) is 25.5 Å². The maximum atomic E-state index is 14.2. The van der Waals surface area contributed by atoms with Gasteiger partial charge in [-0.05, 0) is 56.4 Å². The van der Waals surface area contributed by atoms with E-state index < -0.39 is 12.4 Å². The highest BCUT2D eigenvalue weighted by Crippen LogP contribution is 2.34.